The number of rotatable bonds is 3. The Kier molecular flexibility index (Phi) is 3.65. The van der Waals surface area contributed by atoms with Crippen LogP contribution in [0.2, 0.25) is 0 Å². The van der Waals surface area contributed by atoms with Gasteiger partial charge >= 0.3 is 0 Å². The van der Waals surface area contributed by atoms with E-state index < -0.39 is 0 Å². The predicted molar refractivity (Wildman–Crippen MR) is 93.2 cm³/mol. The van der Waals surface area contributed by atoms with E-state index in [1.54, 1.807) is 0 Å². The van der Waals surface area contributed by atoms with Crippen LogP contribution in [0.5, 0.6) is 0 Å². The molecule has 4 heteroatoms. The number of H-pyrrole nitrogens is 1. The smallest absolute Gasteiger partial charge is 0.227 e. The van der Waals surface area contributed by atoms with Gasteiger partial charge in [0.2, 0.25) is 5.91 Å². The number of fused-ring (bicyclic) bond motifs is 1. The molecule has 0 radical (unpaired) electrons. The van der Waals surface area contributed by atoms with E-state index in [0.717, 1.165) is 28.1 Å². The monoisotopic (exact) mass is 317 g/mol. The number of nitrogens with one attached hydrogen (secondary N) is 1. The van der Waals surface area contributed by atoms with Gasteiger partial charge in [-0.2, -0.15) is 5.10 Å². The van der Waals surface area contributed by atoms with E-state index in [2.05, 4.69) is 29.3 Å². The Morgan fingerprint density at radius 2 is 1.83 bits per heavy atom. The summed E-state index contributed by atoms with van der Waals surface area (Å²) in [6, 6.07) is 18.1. The van der Waals surface area contributed by atoms with Gasteiger partial charge in [-0.15, -0.1) is 0 Å². The molecule has 0 atom stereocenters. The number of nitrogens with zero attached hydrogens (tertiary/aromatic N) is 2. The average Bonchev–Trinajstić information content (AvgIpc) is 3.17. The van der Waals surface area contributed by atoms with Crippen molar-refractivity contribution in [3.8, 4) is 11.3 Å². The molecule has 0 aliphatic carbocycles. The summed E-state index contributed by atoms with van der Waals surface area (Å²) in [5.74, 6) is 0.154. The second-order valence-electron chi connectivity index (χ2n) is 6.26. The number of aromatic amines is 1. The summed E-state index contributed by atoms with van der Waals surface area (Å²) in [6.45, 7) is 3.32. The lowest BCUT2D eigenvalue weighted by atomic mass is 10.0. The zero-order valence-corrected chi connectivity index (χ0v) is 13.6. The summed E-state index contributed by atoms with van der Waals surface area (Å²) in [5, 5.41) is 7.60. The van der Waals surface area contributed by atoms with Crippen molar-refractivity contribution in [2.75, 3.05) is 0 Å². The topological polar surface area (TPSA) is 49.0 Å². The summed E-state index contributed by atoms with van der Waals surface area (Å²) in [6.07, 6.45) is 0.443. The van der Waals surface area contributed by atoms with Crippen LogP contribution in [0.1, 0.15) is 22.4 Å². The van der Waals surface area contributed by atoms with Gasteiger partial charge in [-0.05, 0) is 18.1 Å². The molecule has 1 N–H and O–H groups in total. The Balaban J connectivity index is 1.55. The normalized spacial score (nSPS) is 13.1. The van der Waals surface area contributed by atoms with Gasteiger partial charge in [0, 0.05) is 11.1 Å². The molecule has 0 bridgehead atoms. The predicted octanol–water partition coefficient (Wildman–Crippen LogP) is 3.47. The number of aryl methyl sites for hydroxylation is 1. The number of hydrogen-bond acceptors (Lipinski definition) is 2. The van der Waals surface area contributed by atoms with Crippen LogP contribution in [0.4, 0.5) is 0 Å². The number of amides is 1. The van der Waals surface area contributed by atoms with Crippen LogP contribution in [-0.4, -0.2) is 21.0 Å². The van der Waals surface area contributed by atoms with E-state index in [1.165, 1.54) is 5.56 Å². The van der Waals surface area contributed by atoms with Crippen molar-refractivity contribution < 1.29 is 4.79 Å². The fraction of sp³-hybridized carbons (Fsp3) is 0.200. The average molecular weight is 317 g/mol. The molecule has 0 fully saturated rings. The molecule has 4 rings (SSSR count). The molecule has 1 aliphatic heterocycles. The molecule has 0 saturated carbocycles. The first-order chi connectivity index (χ1) is 11.7. The van der Waals surface area contributed by atoms with E-state index in [4.69, 9.17) is 0 Å². The number of carbonyl (C=O) groups excluding carboxylic acids is 1. The highest BCUT2D eigenvalue weighted by Gasteiger charge is 2.28. The maximum absolute atomic E-state index is 12.6. The Bertz CT molecular complexity index is 883. The van der Waals surface area contributed by atoms with E-state index >= 15 is 0 Å². The first-order valence-electron chi connectivity index (χ1n) is 8.16. The van der Waals surface area contributed by atoms with Crippen molar-refractivity contribution in [1.82, 2.24) is 15.1 Å². The molecular weight excluding hydrogens is 298 g/mol. The number of hydrogen-bond donors (Lipinski definition) is 1. The fourth-order valence-electron chi connectivity index (χ4n) is 3.26. The highest BCUT2D eigenvalue weighted by atomic mass is 16.2. The SMILES string of the molecule is Cc1ccccc1-c1n[nH]c2c1CN(C(=O)Cc1ccccc1)C2. The number of benzene rings is 2. The molecule has 0 unspecified atom stereocenters. The first kappa shape index (κ1) is 14.7. The molecule has 2 aromatic carbocycles. The minimum absolute atomic E-state index is 0.154. The lowest BCUT2D eigenvalue weighted by molar-refractivity contribution is -0.131. The van der Waals surface area contributed by atoms with Gasteiger partial charge in [-0.1, -0.05) is 54.6 Å². The zero-order chi connectivity index (χ0) is 16.5. The summed E-state index contributed by atoms with van der Waals surface area (Å²) >= 11 is 0. The largest absolute Gasteiger partial charge is 0.332 e. The van der Waals surface area contributed by atoms with Crippen LogP contribution in [0, 0.1) is 6.92 Å². The van der Waals surface area contributed by atoms with Crippen LogP contribution < -0.4 is 0 Å². The summed E-state index contributed by atoms with van der Waals surface area (Å²) in [7, 11) is 0. The van der Waals surface area contributed by atoms with Crippen molar-refractivity contribution in [3.63, 3.8) is 0 Å². The third-order valence-electron chi connectivity index (χ3n) is 4.60. The molecule has 0 spiro atoms. The van der Waals surface area contributed by atoms with Gasteiger partial charge < -0.3 is 4.90 Å². The van der Waals surface area contributed by atoms with Crippen LogP contribution in [0.15, 0.2) is 54.6 Å². The first-order valence-corrected chi connectivity index (χ1v) is 8.16. The van der Waals surface area contributed by atoms with Crippen LogP contribution in [-0.2, 0) is 24.3 Å². The highest BCUT2D eigenvalue weighted by Crippen LogP contribution is 2.32. The Hall–Kier alpha value is -2.88. The van der Waals surface area contributed by atoms with Crippen LogP contribution >= 0.6 is 0 Å². The highest BCUT2D eigenvalue weighted by molar-refractivity contribution is 5.80. The van der Waals surface area contributed by atoms with Crippen molar-refractivity contribution in [2.24, 2.45) is 0 Å². The summed E-state index contributed by atoms with van der Waals surface area (Å²) < 4.78 is 0. The third kappa shape index (κ3) is 2.60. The molecule has 1 aromatic heterocycles. The molecule has 3 aromatic rings. The number of aromatic nitrogens is 2. The Morgan fingerprint density at radius 3 is 2.62 bits per heavy atom. The summed E-state index contributed by atoms with van der Waals surface area (Å²) in [5.41, 5.74) is 6.54. The van der Waals surface area contributed by atoms with Crippen molar-refractivity contribution in [1.29, 1.82) is 0 Å². The fourth-order valence-corrected chi connectivity index (χ4v) is 3.26. The maximum Gasteiger partial charge on any atom is 0.227 e. The van der Waals surface area contributed by atoms with Crippen LogP contribution in [0.25, 0.3) is 11.3 Å². The second kappa shape index (κ2) is 5.96. The lowest BCUT2D eigenvalue weighted by Gasteiger charge is -2.16. The molecule has 24 heavy (non-hydrogen) atoms. The molecular formula is C20H19N3O. The Morgan fingerprint density at radius 1 is 1.08 bits per heavy atom. The molecule has 2 heterocycles. The van der Waals surface area contributed by atoms with Gasteiger partial charge in [0.05, 0.1) is 30.9 Å². The standard InChI is InChI=1S/C20H19N3O/c1-14-7-5-6-10-16(14)20-17-12-23(13-18(17)21-22-20)19(24)11-15-8-3-2-4-9-15/h2-10H,11-13H2,1H3,(H,21,22). The van der Waals surface area contributed by atoms with E-state index in [-0.39, 0.29) is 5.91 Å². The van der Waals surface area contributed by atoms with Gasteiger partial charge in [0.15, 0.2) is 0 Å². The maximum atomic E-state index is 12.6. The molecule has 1 amide bonds. The van der Waals surface area contributed by atoms with Crippen molar-refractivity contribution >= 4 is 5.91 Å². The van der Waals surface area contributed by atoms with Crippen molar-refractivity contribution in [2.45, 2.75) is 26.4 Å². The van der Waals surface area contributed by atoms with Gasteiger partial charge in [-0.3, -0.25) is 9.89 Å². The third-order valence-corrected chi connectivity index (χ3v) is 4.60. The van der Waals surface area contributed by atoms with Gasteiger partial charge in [0.1, 0.15) is 0 Å². The van der Waals surface area contributed by atoms with Gasteiger partial charge in [-0.25, -0.2) is 0 Å². The Labute approximate surface area is 141 Å². The molecule has 120 valence electrons. The molecule has 4 nitrogen and oxygen atoms in total. The minimum atomic E-state index is 0.154. The summed E-state index contributed by atoms with van der Waals surface area (Å²) in [4.78, 5) is 14.5. The molecule has 0 saturated heterocycles. The van der Waals surface area contributed by atoms with E-state index in [9.17, 15) is 4.79 Å². The lowest BCUT2D eigenvalue weighted by Crippen LogP contribution is -2.27. The van der Waals surface area contributed by atoms with Crippen LogP contribution in [0.3, 0.4) is 0 Å². The quantitative estimate of drug-likeness (QED) is 0.804. The van der Waals surface area contributed by atoms with E-state index in [0.29, 0.717) is 19.5 Å². The second-order valence-corrected chi connectivity index (χ2v) is 6.26. The minimum Gasteiger partial charge on any atom is -0.332 e. The number of carbonyl (C=O) groups is 1. The van der Waals surface area contributed by atoms with E-state index in [1.807, 2.05) is 47.4 Å². The van der Waals surface area contributed by atoms with Crippen molar-refractivity contribution in [3.05, 3.63) is 77.0 Å². The zero-order valence-electron chi connectivity index (χ0n) is 13.6. The molecule has 1 aliphatic rings. The van der Waals surface area contributed by atoms with Gasteiger partial charge in [0.25, 0.3) is 0 Å².